The second kappa shape index (κ2) is 10.6. The molecule has 0 saturated carbocycles. The Balaban J connectivity index is 1.29. The molecule has 0 radical (unpaired) electrons. The highest BCUT2D eigenvalue weighted by atomic mass is 35.5. The largest absolute Gasteiger partial charge is 0.489 e. The molecule has 2 N–H and O–H groups in total. The van der Waals surface area contributed by atoms with E-state index in [9.17, 15) is 14.0 Å². The molecule has 0 aliphatic heterocycles. The van der Waals surface area contributed by atoms with Crippen LogP contribution in [0.5, 0.6) is 5.75 Å². The smallest absolute Gasteiger partial charge is 0.329 e. The van der Waals surface area contributed by atoms with Crippen molar-refractivity contribution in [2.24, 2.45) is 5.10 Å². The number of halogens is 2. The number of anilines is 1. The van der Waals surface area contributed by atoms with Crippen molar-refractivity contribution in [1.29, 1.82) is 0 Å². The van der Waals surface area contributed by atoms with Crippen molar-refractivity contribution in [3.63, 3.8) is 0 Å². The summed E-state index contributed by atoms with van der Waals surface area (Å²) in [6, 6.07) is 24.9. The van der Waals surface area contributed by atoms with Gasteiger partial charge in [0.15, 0.2) is 0 Å². The molecule has 0 aromatic heterocycles. The Kier molecular flexibility index (Phi) is 7.15. The first-order chi connectivity index (χ1) is 16.5. The summed E-state index contributed by atoms with van der Waals surface area (Å²) in [6.07, 6.45) is 1.40. The molecule has 0 bridgehead atoms. The van der Waals surface area contributed by atoms with Crippen molar-refractivity contribution in [3.8, 4) is 5.75 Å². The van der Waals surface area contributed by atoms with Gasteiger partial charge in [0.25, 0.3) is 0 Å². The second-order valence-corrected chi connectivity index (χ2v) is 7.69. The summed E-state index contributed by atoms with van der Waals surface area (Å²) in [4.78, 5) is 23.8. The number of hydrogen-bond acceptors (Lipinski definition) is 4. The van der Waals surface area contributed by atoms with Crippen molar-refractivity contribution < 1.29 is 18.7 Å². The van der Waals surface area contributed by atoms with Crippen LogP contribution in [0.2, 0.25) is 5.02 Å². The van der Waals surface area contributed by atoms with Gasteiger partial charge in [-0.1, -0.05) is 54.1 Å². The number of fused-ring (bicyclic) bond motifs is 1. The minimum atomic E-state index is -0.980. The van der Waals surface area contributed by atoms with Crippen LogP contribution in [0.15, 0.2) is 90.0 Å². The van der Waals surface area contributed by atoms with E-state index >= 15 is 0 Å². The van der Waals surface area contributed by atoms with Gasteiger partial charge in [-0.05, 0) is 64.4 Å². The van der Waals surface area contributed by atoms with Crippen molar-refractivity contribution in [3.05, 3.63) is 107 Å². The molecule has 0 aliphatic rings. The van der Waals surface area contributed by atoms with Crippen LogP contribution in [0.3, 0.4) is 0 Å². The molecular weight excluding hydrogens is 457 g/mol. The first-order valence-corrected chi connectivity index (χ1v) is 10.7. The Bertz CT molecular complexity index is 1370. The van der Waals surface area contributed by atoms with Gasteiger partial charge in [0, 0.05) is 5.69 Å². The summed E-state index contributed by atoms with van der Waals surface area (Å²) in [5.41, 5.74) is 4.11. The zero-order chi connectivity index (χ0) is 23.9. The highest BCUT2D eigenvalue weighted by Crippen LogP contribution is 2.21. The second-order valence-electron chi connectivity index (χ2n) is 7.28. The quantitative estimate of drug-likeness (QED) is 0.225. The monoisotopic (exact) mass is 475 g/mol. The van der Waals surface area contributed by atoms with Crippen LogP contribution in [0.4, 0.5) is 10.1 Å². The summed E-state index contributed by atoms with van der Waals surface area (Å²) in [5, 5.41) is 8.24. The van der Waals surface area contributed by atoms with Crippen LogP contribution in [0.25, 0.3) is 10.8 Å². The number of hydrogen-bond donors (Lipinski definition) is 2. The van der Waals surface area contributed by atoms with Gasteiger partial charge in [-0.15, -0.1) is 0 Å². The number of hydrazone groups is 1. The van der Waals surface area contributed by atoms with Crippen LogP contribution < -0.4 is 15.5 Å². The van der Waals surface area contributed by atoms with Crippen molar-refractivity contribution in [2.45, 2.75) is 6.61 Å². The van der Waals surface area contributed by atoms with Crippen molar-refractivity contribution in [2.75, 3.05) is 5.32 Å². The van der Waals surface area contributed by atoms with E-state index in [0.29, 0.717) is 17.9 Å². The lowest BCUT2D eigenvalue weighted by atomic mass is 10.1. The molecule has 170 valence electrons. The molecule has 0 heterocycles. The van der Waals surface area contributed by atoms with Crippen LogP contribution in [-0.2, 0) is 16.2 Å². The molecule has 0 atom stereocenters. The Morgan fingerprint density at radius 1 is 0.941 bits per heavy atom. The van der Waals surface area contributed by atoms with Crippen LogP contribution in [-0.4, -0.2) is 18.0 Å². The SMILES string of the molecule is O=C(N/N=C/c1ccc(OCc2cccc3ccccc23)cc1)C(=O)Nc1ccc(F)c(Cl)c1. The summed E-state index contributed by atoms with van der Waals surface area (Å²) in [6.45, 7) is 0.430. The lowest BCUT2D eigenvalue weighted by molar-refractivity contribution is -0.136. The number of rotatable bonds is 6. The number of amides is 2. The van der Waals surface area contributed by atoms with Gasteiger partial charge < -0.3 is 10.1 Å². The predicted molar refractivity (Wildman–Crippen MR) is 130 cm³/mol. The third kappa shape index (κ3) is 5.76. The van der Waals surface area contributed by atoms with Gasteiger partial charge in [-0.25, -0.2) is 9.82 Å². The normalized spacial score (nSPS) is 10.9. The molecule has 0 spiro atoms. The maximum Gasteiger partial charge on any atom is 0.329 e. The molecule has 8 heteroatoms. The Morgan fingerprint density at radius 3 is 2.50 bits per heavy atom. The highest BCUT2D eigenvalue weighted by Gasteiger charge is 2.13. The predicted octanol–water partition coefficient (Wildman–Crippen LogP) is 5.30. The molecular formula is C26H19ClFN3O3. The van der Waals surface area contributed by atoms with E-state index in [-0.39, 0.29) is 10.7 Å². The Labute approximate surface area is 200 Å². The minimum Gasteiger partial charge on any atom is -0.489 e. The van der Waals surface area contributed by atoms with Crippen LogP contribution in [0.1, 0.15) is 11.1 Å². The first-order valence-electron chi connectivity index (χ1n) is 10.3. The van der Waals surface area contributed by atoms with E-state index in [1.807, 2.05) is 24.3 Å². The van der Waals surface area contributed by atoms with E-state index in [2.05, 4.69) is 34.0 Å². The summed E-state index contributed by atoms with van der Waals surface area (Å²) in [7, 11) is 0. The maximum absolute atomic E-state index is 13.2. The lowest BCUT2D eigenvalue weighted by Crippen LogP contribution is -2.32. The van der Waals surface area contributed by atoms with E-state index < -0.39 is 17.6 Å². The fraction of sp³-hybridized carbons (Fsp3) is 0.0385. The Hall–Kier alpha value is -4.23. The highest BCUT2D eigenvalue weighted by molar-refractivity contribution is 6.39. The molecule has 4 aromatic rings. The standard InChI is InChI=1S/C26H19ClFN3O3/c27-23-14-20(10-13-24(23)28)30-25(32)26(33)31-29-15-17-8-11-21(12-9-17)34-16-19-6-3-5-18-4-1-2-7-22(18)19/h1-15H,16H2,(H,30,32)(H,31,33)/b29-15+. The van der Waals surface area contributed by atoms with E-state index in [1.54, 1.807) is 24.3 Å². The zero-order valence-electron chi connectivity index (χ0n) is 17.8. The van der Waals surface area contributed by atoms with Crippen LogP contribution >= 0.6 is 11.6 Å². The number of nitrogens with zero attached hydrogens (tertiary/aromatic N) is 1. The van der Waals surface area contributed by atoms with Gasteiger partial charge in [-0.2, -0.15) is 5.10 Å². The summed E-state index contributed by atoms with van der Waals surface area (Å²) >= 11 is 5.65. The topological polar surface area (TPSA) is 79.8 Å². The van der Waals surface area contributed by atoms with Gasteiger partial charge in [-0.3, -0.25) is 9.59 Å². The number of benzene rings is 4. The third-order valence-corrected chi connectivity index (χ3v) is 5.21. The van der Waals surface area contributed by atoms with Gasteiger partial charge in [0.1, 0.15) is 18.2 Å². The summed E-state index contributed by atoms with van der Waals surface area (Å²) in [5.74, 6) is -1.88. The van der Waals surface area contributed by atoms with Crippen molar-refractivity contribution >= 4 is 46.1 Å². The molecule has 6 nitrogen and oxygen atoms in total. The molecule has 0 unspecified atom stereocenters. The minimum absolute atomic E-state index is 0.166. The molecule has 4 rings (SSSR count). The Morgan fingerprint density at radius 2 is 1.71 bits per heavy atom. The van der Waals surface area contributed by atoms with E-state index in [4.69, 9.17) is 16.3 Å². The number of carbonyl (C=O) groups excluding carboxylic acids is 2. The average Bonchev–Trinajstić information content (AvgIpc) is 2.85. The van der Waals surface area contributed by atoms with E-state index in [0.717, 1.165) is 22.4 Å². The van der Waals surface area contributed by atoms with Gasteiger partial charge in [0.2, 0.25) is 0 Å². The average molecular weight is 476 g/mol. The maximum atomic E-state index is 13.2. The fourth-order valence-corrected chi connectivity index (χ4v) is 3.39. The molecule has 4 aromatic carbocycles. The molecule has 34 heavy (non-hydrogen) atoms. The van der Waals surface area contributed by atoms with Crippen LogP contribution in [0, 0.1) is 5.82 Å². The number of ether oxygens (including phenoxy) is 1. The molecule has 0 saturated heterocycles. The first kappa shape index (κ1) is 22.9. The number of nitrogens with one attached hydrogen (secondary N) is 2. The zero-order valence-corrected chi connectivity index (χ0v) is 18.6. The lowest BCUT2D eigenvalue weighted by Gasteiger charge is -2.09. The number of carbonyl (C=O) groups is 2. The van der Waals surface area contributed by atoms with E-state index in [1.165, 1.54) is 18.3 Å². The van der Waals surface area contributed by atoms with Crippen molar-refractivity contribution in [1.82, 2.24) is 5.43 Å². The van der Waals surface area contributed by atoms with Gasteiger partial charge in [0.05, 0.1) is 11.2 Å². The fourth-order valence-electron chi connectivity index (χ4n) is 3.21. The molecule has 0 aliphatic carbocycles. The summed E-state index contributed by atoms with van der Waals surface area (Å²) < 4.78 is 19.1. The van der Waals surface area contributed by atoms with Gasteiger partial charge >= 0.3 is 11.8 Å². The third-order valence-electron chi connectivity index (χ3n) is 4.92. The molecule has 2 amide bonds. The molecule has 0 fully saturated rings.